The zero-order chi connectivity index (χ0) is 23.1. The molecule has 1 unspecified atom stereocenters. The Morgan fingerprint density at radius 3 is 2.21 bits per heavy atom. The van der Waals surface area contributed by atoms with Crippen LogP contribution in [0.3, 0.4) is 0 Å². The monoisotopic (exact) mass is 445 g/mol. The summed E-state index contributed by atoms with van der Waals surface area (Å²) in [4.78, 5) is 37.0. The highest BCUT2D eigenvalue weighted by Gasteiger charge is 2.45. The largest absolute Gasteiger partial charge is 0.493 e. The second-order valence-corrected chi connectivity index (χ2v) is 7.26. The highest BCUT2D eigenvalue weighted by molar-refractivity contribution is 6.09. The van der Waals surface area contributed by atoms with Gasteiger partial charge >= 0.3 is 0 Å². The lowest BCUT2D eigenvalue weighted by molar-refractivity contribution is 0.0969. The zero-order valence-electron chi connectivity index (χ0n) is 18.1. The zero-order valence-corrected chi connectivity index (χ0v) is 18.1. The minimum Gasteiger partial charge on any atom is -0.493 e. The first-order valence-electron chi connectivity index (χ1n) is 10.0. The van der Waals surface area contributed by atoms with Crippen molar-refractivity contribution in [2.24, 2.45) is 0 Å². The third-order valence-corrected chi connectivity index (χ3v) is 5.55. The van der Waals surface area contributed by atoms with Crippen LogP contribution in [0.25, 0.3) is 11.0 Å². The molecule has 9 heteroatoms. The molecule has 33 heavy (non-hydrogen) atoms. The molecule has 1 atom stereocenters. The molecular formula is C24H19N3O6. The van der Waals surface area contributed by atoms with Gasteiger partial charge in [0.2, 0.25) is 17.5 Å². The van der Waals surface area contributed by atoms with Gasteiger partial charge in [0, 0.05) is 12.4 Å². The molecule has 2 aromatic carbocycles. The molecule has 0 radical (unpaired) electrons. The molecular weight excluding hydrogens is 426 g/mol. The van der Waals surface area contributed by atoms with E-state index in [0.29, 0.717) is 33.8 Å². The Bertz CT molecular complexity index is 1410. The summed E-state index contributed by atoms with van der Waals surface area (Å²) in [6, 6.07) is 11.0. The molecule has 9 nitrogen and oxygen atoms in total. The van der Waals surface area contributed by atoms with Crippen molar-refractivity contribution < 1.29 is 23.4 Å². The van der Waals surface area contributed by atoms with Crippen molar-refractivity contribution >= 4 is 22.8 Å². The first kappa shape index (κ1) is 20.5. The lowest BCUT2D eigenvalue weighted by Crippen LogP contribution is -2.31. The Labute approximate surface area is 188 Å². The molecule has 0 aliphatic carbocycles. The number of rotatable bonds is 5. The SMILES string of the molecule is COc1cc(C2c3c(oc4ccccc4c3=O)C(=O)N2c2ncccn2)cc(OC)c1OC. The predicted octanol–water partition coefficient (Wildman–Crippen LogP) is 3.36. The van der Waals surface area contributed by atoms with Crippen LogP contribution in [-0.4, -0.2) is 37.2 Å². The Balaban J connectivity index is 1.84. The van der Waals surface area contributed by atoms with Gasteiger partial charge in [0.1, 0.15) is 5.58 Å². The van der Waals surface area contributed by atoms with Gasteiger partial charge < -0.3 is 18.6 Å². The smallest absolute Gasteiger partial charge is 0.297 e. The van der Waals surface area contributed by atoms with Crippen LogP contribution in [0.15, 0.2) is 64.1 Å². The van der Waals surface area contributed by atoms with Gasteiger partial charge in [-0.25, -0.2) is 9.97 Å². The molecule has 0 bridgehead atoms. The van der Waals surface area contributed by atoms with E-state index in [-0.39, 0.29) is 22.7 Å². The minimum absolute atomic E-state index is 0.0510. The van der Waals surface area contributed by atoms with E-state index in [1.54, 1.807) is 42.5 Å². The van der Waals surface area contributed by atoms with Crippen molar-refractivity contribution in [1.29, 1.82) is 0 Å². The summed E-state index contributed by atoms with van der Waals surface area (Å²) in [7, 11) is 4.49. The number of benzene rings is 2. The van der Waals surface area contributed by atoms with E-state index in [1.807, 2.05) is 0 Å². The van der Waals surface area contributed by atoms with E-state index in [0.717, 1.165) is 0 Å². The van der Waals surface area contributed by atoms with Gasteiger partial charge in [-0.05, 0) is 35.9 Å². The molecule has 0 saturated heterocycles. The van der Waals surface area contributed by atoms with Crippen molar-refractivity contribution in [3.05, 3.63) is 82.0 Å². The minimum atomic E-state index is -0.871. The van der Waals surface area contributed by atoms with E-state index in [4.69, 9.17) is 18.6 Å². The summed E-state index contributed by atoms with van der Waals surface area (Å²) in [6.07, 6.45) is 3.05. The van der Waals surface area contributed by atoms with Gasteiger partial charge in [-0.15, -0.1) is 0 Å². The predicted molar refractivity (Wildman–Crippen MR) is 119 cm³/mol. The normalized spacial score (nSPS) is 14.9. The van der Waals surface area contributed by atoms with Crippen molar-refractivity contribution in [2.45, 2.75) is 6.04 Å². The number of fused-ring (bicyclic) bond motifs is 2. The molecule has 1 aliphatic rings. The van der Waals surface area contributed by atoms with E-state index in [2.05, 4.69) is 9.97 Å². The molecule has 1 aliphatic heterocycles. The fraction of sp³-hybridized carbons (Fsp3) is 0.167. The van der Waals surface area contributed by atoms with Crippen LogP contribution in [-0.2, 0) is 0 Å². The molecule has 0 fully saturated rings. The van der Waals surface area contributed by atoms with Gasteiger partial charge in [0.05, 0.1) is 38.3 Å². The van der Waals surface area contributed by atoms with Gasteiger partial charge in [-0.2, -0.15) is 0 Å². The average molecular weight is 445 g/mol. The lowest BCUT2D eigenvalue weighted by atomic mass is 9.97. The number of para-hydroxylation sites is 1. The molecule has 2 aromatic heterocycles. The van der Waals surface area contributed by atoms with Crippen molar-refractivity contribution in [3.63, 3.8) is 0 Å². The maximum absolute atomic E-state index is 13.6. The van der Waals surface area contributed by atoms with Crippen molar-refractivity contribution in [1.82, 2.24) is 9.97 Å². The van der Waals surface area contributed by atoms with Gasteiger partial charge in [-0.3, -0.25) is 14.5 Å². The number of hydrogen-bond donors (Lipinski definition) is 0. The third kappa shape index (κ3) is 3.08. The average Bonchev–Trinajstić information content (AvgIpc) is 3.16. The lowest BCUT2D eigenvalue weighted by Gasteiger charge is -2.24. The number of ether oxygens (including phenoxy) is 3. The highest BCUT2D eigenvalue weighted by atomic mass is 16.5. The van der Waals surface area contributed by atoms with Crippen molar-refractivity contribution in [3.8, 4) is 17.2 Å². The Hall–Kier alpha value is -4.40. The summed E-state index contributed by atoms with van der Waals surface area (Å²) >= 11 is 0. The van der Waals surface area contributed by atoms with Crippen LogP contribution in [0.5, 0.6) is 17.2 Å². The maximum Gasteiger partial charge on any atom is 0.297 e. The summed E-state index contributed by atoms with van der Waals surface area (Å²) in [5.74, 6) is 0.721. The number of aromatic nitrogens is 2. The Kier molecular flexibility index (Phi) is 4.93. The van der Waals surface area contributed by atoms with E-state index in [9.17, 15) is 9.59 Å². The molecule has 166 valence electrons. The van der Waals surface area contributed by atoms with E-state index < -0.39 is 11.9 Å². The van der Waals surface area contributed by atoms with E-state index >= 15 is 0 Å². The Morgan fingerprint density at radius 1 is 0.909 bits per heavy atom. The fourth-order valence-electron chi connectivity index (χ4n) is 4.12. The summed E-state index contributed by atoms with van der Waals surface area (Å²) in [6.45, 7) is 0. The first-order valence-corrected chi connectivity index (χ1v) is 10.0. The summed E-state index contributed by atoms with van der Waals surface area (Å²) in [5.41, 5.74) is 0.763. The van der Waals surface area contributed by atoms with Crippen LogP contribution in [0, 0.1) is 0 Å². The summed E-state index contributed by atoms with van der Waals surface area (Å²) < 4.78 is 22.3. The second-order valence-electron chi connectivity index (χ2n) is 7.26. The molecule has 0 spiro atoms. The van der Waals surface area contributed by atoms with Crippen LogP contribution in [0.4, 0.5) is 5.95 Å². The number of carbonyl (C=O) groups excluding carboxylic acids is 1. The molecule has 3 heterocycles. The number of carbonyl (C=O) groups is 1. The summed E-state index contributed by atoms with van der Waals surface area (Å²) in [5, 5.41) is 0.373. The molecule has 1 amide bonds. The number of anilines is 1. The van der Waals surface area contributed by atoms with Crippen LogP contribution in [0.2, 0.25) is 0 Å². The first-order chi connectivity index (χ1) is 16.1. The van der Waals surface area contributed by atoms with E-state index in [1.165, 1.54) is 38.6 Å². The van der Waals surface area contributed by atoms with Gasteiger partial charge in [0.15, 0.2) is 16.9 Å². The molecule has 4 aromatic rings. The van der Waals surface area contributed by atoms with Crippen LogP contribution >= 0.6 is 0 Å². The quantitative estimate of drug-likeness (QED) is 0.461. The Morgan fingerprint density at radius 2 is 1.58 bits per heavy atom. The maximum atomic E-state index is 13.6. The highest BCUT2D eigenvalue weighted by Crippen LogP contribution is 2.45. The number of methoxy groups -OCH3 is 3. The molecule has 0 N–H and O–H groups in total. The standard InChI is InChI=1S/C24H19N3O6/c1-30-16-11-13(12-17(31-2)21(16)32-3)19-18-20(28)14-7-4-5-8-15(14)33-22(18)23(29)27(19)24-25-9-6-10-26-24/h4-12,19H,1-3H3. The van der Waals surface area contributed by atoms with Gasteiger partial charge in [-0.1, -0.05) is 12.1 Å². The second kappa shape index (κ2) is 7.94. The van der Waals surface area contributed by atoms with Crippen LogP contribution < -0.4 is 24.5 Å². The topological polar surface area (TPSA) is 104 Å². The molecule has 5 rings (SSSR count). The number of hydrogen-bond acceptors (Lipinski definition) is 8. The third-order valence-electron chi connectivity index (χ3n) is 5.55. The number of amides is 1. The molecule has 0 saturated carbocycles. The van der Waals surface area contributed by atoms with Crippen LogP contribution in [0.1, 0.15) is 27.7 Å². The van der Waals surface area contributed by atoms with Gasteiger partial charge in [0.25, 0.3) is 5.91 Å². The van der Waals surface area contributed by atoms with Crippen molar-refractivity contribution in [2.75, 3.05) is 26.2 Å². The number of nitrogens with zero attached hydrogens (tertiary/aromatic N) is 3. The fourth-order valence-corrected chi connectivity index (χ4v) is 4.12.